The molecule has 0 spiro atoms. The standard InChI is InChI=1S/C24H23N3O6S/c1-25-23(28)17-5-2-4-16(12-17)15-26-24(29)18-6-3-7-19(13-18)27-34(30,31)20-8-9-21-22(14-20)33-11-10-32-21/h2-9,12-14,27H,10-11,15H2,1H3,(H,25,28)(H,26,29). The van der Waals surface area contributed by atoms with Crippen LogP contribution in [0.5, 0.6) is 11.5 Å². The number of amides is 2. The van der Waals surface area contributed by atoms with Crippen LogP contribution in [-0.2, 0) is 16.6 Å². The molecule has 0 bridgehead atoms. The molecule has 2 amide bonds. The maximum absolute atomic E-state index is 12.9. The van der Waals surface area contributed by atoms with E-state index in [0.29, 0.717) is 30.3 Å². The fourth-order valence-corrected chi connectivity index (χ4v) is 4.44. The van der Waals surface area contributed by atoms with Gasteiger partial charge in [-0.2, -0.15) is 0 Å². The Labute approximate surface area is 197 Å². The normalized spacial score (nSPS) is 12.5. The average Bonchev–Trinajstić information content (AvgIpc) is 2.86. The number of nitrogens with one attached hydrogen (secondary N) is 3. The van der Waals surface area contributed by atoms with E-state index in [4.69, 9.17) is 9.47 Å². The first-order valence-corrected chi connectivity index (χ1v) is 12.0. The van der Waals surface area contributed by atoms with E-state index in [1.165, 1.54) is 18.2 Å². The van der Waals surface area contributed by atoms with Gasteiger partial charge in [0.15, 0.2) is 11.5 Å². The molecular formula is C24H23N3O6S. The Balaban J connectivity index is 1.44. The van der Waals surface area contributed by atoms with E-state index in [1.807, 2.05) is 0 Å². The van der Waals surface area contributed by atoms with Gasteiger partial charge in [0.1, 0.15) is 13.2 Å². The Morgan fingerprint density at radius 2 is 1.56 bits per heavy atom. The van der Waals surface area contributed by atoms with Crippen LogP contribution in [0.25, 0.3) is 0 Å². The molecule has 1 heterocycles. The predicted molar refractivity (Wildman–Crippen MR) is 126 cm³/mol. The molecule has 9 nitrogen and oxygen atoms in total. The molecule has 0 aromatic heterocycles. The molecule has 0 atom stereocenters. The largest absolute Gasteiger partial charge is 0.486 e. The van der Waals surface area contributed by atoms with E-state index in [9.17, 15) is 18.0 Å². The Morgan fingerprint density at radius 3 is 2.32 bits per heavy atom. The molecule has 0 radical (unpaired) electrons. The van der Waals surface area contributed by atoms with E-state index in [1.54, 1.807) is 55.6 Å². The summed E-state index contributed by atoms with van der Waals surface area (Å²) in [6, 6.07) is 17.5. The van der Waals surface area contributed by atoms with Crippen LogP contribution < -0.4 is 24.8 Å². The molecule has 3 aromatic rings. The lowest BCUT2D eigenvalue weighted by Crippen LogP contribution is -2.23. The van der Waals surface area contributed by atoms with Gasteiger partial charge >= 0.3 is 0 Å². The summed E-state index contributed by atoms with van der Waals surface area (Å²) in [4.78, 5) is 24.4. The zero-order chi connectivity index (χ0) is 24.1. The number of carbonyl (C=O) groups is 2. The van der Waals surface area contributed by atoms with Gasteiger partial charge in [-0.1, -0.05) is 18.2 Å². The molecule has 4 rings (SSSR count). The minimum atomic E-state index is -3.92. The molecule has 0 aliphatic carbocycles. The summed E-state index contributed by atoms with van der Waals surface area (Å²) in [5, 5.41) is 5.33. The van der Waals surface area contributed by atoms with Crippen molar-refractivity contribution in [2.75, 3.05) is 25.0 Å². The van der Waals surface area contributed by atoms with Gasteiger partial charge in [0.25, 0.3) is 21.8 Å². The second-order valence-corrected chi connectivity index (χ2v) is 9.14. The molecule has 1 aliphatic heterocycles. The summed E-state index contributed by atoms with van der Waals surface area (Å²) in [5.41, 5.74) is 1.77. The second kappa shape index (κ2) is 9.84. The van der Waals surface area contributed by atoms with E-state index < -0.39 is 10.0 Å². The van der Waals surface area contributed by atoms with Gasteiger partial charge in [0.05, 0.1) is 4.90 Å². The summed E-state index contributed by atoms with van der Waals surface area (Å²) in [6.07, 6.45) is 0. The summed E-state index contributed by atoms with van der Waals surface area (Å²) >= 11 is 0. The highest BCUT2D eigenvalue weighted by atomic mass is 32.2. The number of fused-ring (bicyclic) bond motifs is 1. The third kappa shape index (κ3) is 5.29. The number of anilines is 1. The average molecular weight is 482 g/mol. The highest BCUT2D eigenvalue weighted by Crippen LogP contribution is 2.32. The second-order valence-electron chi connectivity index (χ2n) is 7.45. The third-order valence-corrected chi connectivity index (χ3v) is 6.45. The van der Waals surface area contributed by atoms with Gasteiger partial charge in [-0.15, -0.1) is 0 Å². The smallest absolute Gasteiger partial charge is 0.262 e. The van der Waals surface area contributed by atoms with Gasteiger partial charge in [-0.3, -0.25) is 14.3 Å². The van der Waals surface area contributed by atoms with E-state index in [2.05, 4.69) is 15.4 Å². The summed E-state index contributed by atoms with van der Waals surface area (Å²) in [6.45, 7) is 0.958. The number of rotatable bonds is 7. The fraction of sp³-hybridized carbons (Fsp3) is 0.167. The lowest BCUT2D eigenvalue weighted by Gasteiger charge is -2.19. The van der Waals surface area contributed by atoms with Crippen molar-refractivity contribution in [3.05, 3.63) is 83.4 Å². The van der Waals surface area contributed by atoms with Crippen molar-refractivity contribution in [2.45, 2.75) is 11.4 Å². The van der Waals surface area contributed by atoms with E-state index in [-0.39, 0.29) is 34.5 Å². The topological polar surface area (TPSA) is 123 Å². The molecule has 0 saturated heterocycles. The van der Waals surface area contributed by atoms with Crippen LogP contribution in [0.15, 0.2) is 71.6 Å². The van der Waals surface area contributed by atoms with Crippen LogP contribution in [0.3, 0.4) is 0 Å². The highest BCUT2D eigenvalue weighted by molar-refractivity contribution is 7.92. The highest BCUT2D eigenvalue weighted by Gasteiger charge is 2.20. The zero-order valence-corrected chi connectivity index (χ0v) is 19.1. The first kappa shape index (κ1) is 23.1. The first-order valence-electron chi connectivity index (χ1n) is 10.5. The maximum Gasteiger partial charge on any atom is 0.262 e. The molecule has 0 fully saturated rings. The van der Waals surface area contributed by atoms with Crippen molar-refractivity contribution >= 4 is 27.5 Å². The SMILES string of the molecule is CNC(=O)c1cccc(CNC(=O)c2cccc(NS(=O)(=O)c3ccc4c(c3)OCCO4)c2)c1. The Bertz CT molecular complexity index is 1340. The van der Waals surface area contributed by atoms with Gasteiger partial charge in [0, 0.05) is 36.5 Å². The molecule has 3 N–H and O–H groups in total. The van der Waals surface area contributed by atoms with Gasteiger partial charge in [-0.25, -0.2) is 8.42 Å². The fourth-order valence-electron chi connectivity index (χ4n) is 3.38. The number of hydrogen-bond donors (Lipinski definition) is 3. The Hall–Kier alpha value is -4.05. The van der Waals surface area contributed by atoms with E-state index in [0.717, 1.165) is 5.56 Å². The van der Waals surface area contributed by atoms with Crippen LogP contribution >= 0.6 is 0 Å². The minimum Gasteiger partial charge on any atom is -0.486 e. The van der Waals surface area contributed by atoms with Crippen molar-refractivity contribution in [3.8, 4) is 11.5 Å². The van der Waals surface area contributed by atoms with E-state index >= 15 is 0 Å². The molecule has 176 valence electrons. The summed E-state index contributed by atoms with van der Waals surface area (Å²) in [5.74, 6) is 0.254. The molecular weight excluding hydrogens is 458 g/mol. The van der Waals surface area contributed by atoms with Crippen molar-refractivity contribution in [2.24, 2.45) is 0 Å². The summed E-state index contributed by atoms with van der Waals surface area (Å²) < 4.78 is 39.1. The molecule has 3 aromatic carbocycles. The number of sulfonamides is 1. The zero-order valence-electron chi connectivity index (χ0n) is 18.3. The van der Waals surface area contributed by atoms with Crippen molar-refractivity contribution in [3.63, 3.8) is 0 Å². The Kier molecular flexibility index (Phi) is 6.69. The predicted octanol–water partition coefficient (Wildman–Crippen LogP) is 2.55. The van der Waals surface area contributed by atoms with Gasteiger partial charge in [0.2, 0.25) is 0 Å². The molecule has 0 unspecified atom stereocenters. The van der Waals surface area contributed by atoms with Crippen LogP contribution in [0.2, 0.25) is 0 Å². The van der Waals surface area contributed by atoms with Crippen molar-refractivity contribution in [1.82, 2.24) is 10.6 Å². The maximum atomic E-state index is 12.9. The van der Waals surface area contributed by atoms with Crippen LogP contribution in [0.1, 0.15) is 26.3 Å². The number of benzene rings is 3. The molecule has 0 saturated carbocycles. The van der Waals surface area contributed by atoms with Gasteiger partial charge in [-0.05, 0) is 48.0 Å². The monoisotopic (exact) mass is 481 g/mol. The lowest BCUT2D eigenvalue weighted by molar-refractivity contribution is 0.0948. The molecule has 34 heavy (non-hydrogen) atoms. The quantitative estimate of drug-likeness (QED) is 0.477. The van der Waals surface area contributed by atoms with Crippen LogP contribution in [-0.4, -0.2) is 40.5 Å². The van der Waals surface area contributed by atoms with Crippen LogP contribution in [0, 0.1) is 0 Å². The number of hydrogen-bond acceptors (Lipinski definition) is 6. The third-order valence-electron chi connectivity index (χ3n) is 5.07. The lowest BCUT2D eigenvalue weighted by atomic mass is 10.1. The van der Waals surface area contributed by atoms with Crippen molar-refractivity contribution < 1.29 is 27.5 Å². The first-order chi connectivity index (χ1) is 16.4. The summed E-state index contributed by atoms with van der Waals surface area (Å²) in [7, 11) is -2.37. The van der Waals surface area contributed by atoms with Gasteiger partial charge < -0.3 is 20.1 Å². The molecule has 10 heteroatoms. The molecule has 1 aliphatic rings. The van der Waals surface area contributed by atoms with Crippen LogP contribution in [0.4, 0.5) is 5.69 Å². The number of ether oxygens (including phenoxy) is 2. The minimum absolute atomic E-state index is 0.0163. The van der Waals surface area contributed by atoms with Crippen molar-refractivity contribution in [1.29, 1.82) is 0 Å². The Morgan fingerprint density at radius 1 is 0.853 bits per heavy atom. The number of carbonyl (C=O) groups excluding carboxylic acids is 2.